The van der Waals surface area contributed by atoms with E-state index in [4.69, 9.17) is 42.0 Å². The predicted molar refractivity (Wildman–Crippen MR) is 229 cm³/mol. The van der Waals surface area contributed by atoms with Gasteiger partial charge in [-0.25, -0.2) is 46.4 Å². The molecule has 6 aromatic rings. The van der Waals surface area contributed by atoms with Crippen LogP contribution in [0.5, 0.6) is 0 Å². The van der Waals surface area contributed by atoms with Crippen LogP contribution in [0.4, 0.5) is 11.4 Å². The molecule has 0 saturated carbocycles. The number of aryl methyl sites for hydroxylation is 2. The number of allylic oxidation sites excluding steroid dienone is 6. The van der Waals surface area contributed by atoms with Crippen LogP contribution in [0.25, 0.3) is 34.0 Å². The van der Waals surface area contributed by atoms with Gasteiger partial charge in [-0.1, -0.05) is 113 Å². The molecule has 0 fully saturated rings. The van der Waals surface area contributed by atoms with Gasteiger partial charge in [0.25, 0.3) is 0 Å². The number of halogens is 2. The highest BCUT2D eigenvalue weighted by molar-refractivity contribution is 5.87. The van der Waals surface area contributed by atoms with Gasteiger partial charge in [-0.2, -0.15) is 0 Å². The molecule has 0 N–H and O–H groups in total. The van der Waals surface area contributed by atoms with Crippen molar-refractivity contribution in [2.45, 2.75) is 38.5 Å². The highest BCUT2D eigenvalue weighted by Gasteiger charge is 2.40. The molecule has 2 aliphatic rings. The van der Waals surface area contributed by atoms with Gasteiger partial charge in [0.1, 0.15) is 14.1 Å². The molecule has 2 aromatic heterocycles. The number of ether oxygens (including phenoxy) is 1. The monoisotopic (exact) mass is 922 g/mol. The van der Waals surface area contributed by atoms with E-state index in [-0.39, 0.29) is 10.8 Å². The van der Waals surface area contributed by atoms with Crippen LogP contribution in [-0.2, 0) is 29.7 Å². The van der Waals surface area contributed by atoms with Crippen molar-refractivity contribution >= 4 is 45.3 Å². The van der Waals surface area contributed by atoms with Crippen LogP contribution in [0.1, 0.15) is 49.9 Å². The number of hydrogen-bond acceptors (Lipinski definition) is 11. The molecule has 0 spiro atoms. The zero-order chi connectivity index (χ0) is 47.2. The standard InChI is InChI=1S/C50H52N4O.2ClHO4/c1-49(2)41-21-9-13-25-45(41)53(47(49)27-15-17-37-29-31-51(5)43-23-11-7-19-39(37)43)33-35-55-36-34-54-46-26-14-10-22-42(46)50(3,4)48(54)28-16-18-38-30-32-52(6)44-24-12-8-20-40(38)44;2*2-1(3,4)5/h7-32H,33-36H2,1-6H3;2*(H,2,3,4,5)/q+2;;/p-2. The summed E-state index contributed by atoms with van der Waals surface area (Å²) in [6.07, 6.45) is 17.8. The first-order valence-electron chi connectivity index (χ1n) is 20.7. The quantitative estimate of drug-likeness (QED) is 0.134. The Hall–Kier alpha value is -5.52. The Kier molecular flexibility index (Phi) is 15.3. The lowest BCUT2D eigenvalue weighted by Crippen LogP contribution is -2.68. The first kappa shape index (κ1) is 48.9. The molecule has 8 rings (SSSR count). The van der Waals surface area contributed by atoms with Crippen LogP contribution in [0.15, 0.2) is 157 Å². The first-order valence-corrected chi connectivity index (χ1v) is 23.2. The Morgan fingerprint density at radius 3 is 1.23 bits per heavy atom. The predicted octanol–water partition coefficient (Wildman–Crippen LogP) is 0.237. The van der Waals surface area contributed by atoms with Crippen molar-refractivity contribution in [1.29, 1.82) is 0 Å². The largest absolute Gasteiger partial charge is 0.378 e. The van der Waals surface area contributed by atoms with Crippen LogP contribution in [0, 0.1) is 20.5 Å². The molecular formula is C50H52Cl2N4O9. The van der Waals surface area contributed by atoms with E-state index in [1.54, 1.807) is 0 Å². The lowest BCUT2D eigenvalue weighted by molar-refractivity contribution is -2.00. The maximum absolute atomic E-state index is 8.49. The molecular weight excluding hydrogens is 871 g/mol. The van der Waals surface area contributed by atoms with E-state index in [9.17, 15) is 0 Å². The number of benzene rings is 4. The van der Waals surface area contributed by atoms with Gasteiger partial charge in [-0.15, -0.1) is 20.5 Å². The highest BCUT2D eigenvalue weighted by atomic mass is 35.7. The van der Waals surface area contributed by atoms with Gasteiger partial charge in [0.15, 0.2) is 12.4 Å². The molecule has 0 amide bonds. The first-order chi connectivity index (χ1) is 30.7. The second-order valence-corrected chi connectivity index (χ2v) is 18.1. The number of rotatable bonds is 10. The second kappa shape index (κ2) is 20.3. The average Bonchev–Trinajstić information content (AvgIpc) is 3.59. The number of aromatic nitrogens is 2. The zero-order valence-corrected chi connectivity index (χ0v) is 38.6. The van der Waals surface area contributed by atoms with Gasteiger partial charge >= 0.3 is 0 Å². The lowest BCUT2D eigenvalue weighted by Gasteiger charge is -2.28. The number of anilines is 2. The van der Waals surface area contributed by atoms with Crippen LogP contribution in [-0.4, -0.2) is 26.3 Å². The van der Waals surface area contributed by atoms with E-state index in [0.717, 1.165) is 13.1 Å². The summed E-state index contributed by atoms with van der Waals surface area (Å²) in [5.74, 6) is 0. The van der Waals surface area contributed by atoms with Gasteiger partial charge < -0.3 is 14.5 Å². The van der Waals surface area contributed by atoms with E-state index in [0.29, 0.717) is 13.2 Å². The second-order valence-electron chi connectivity index (χ2n) is 16.6. The van der Waals surface area contributed by atoms with E-state index < -0.39 is 20.5 Å². The Morgan fingerprint density at radius 2 is 0.846 bits per heavy atom. The summed E-state index contributed by atoms with van der Waals surface area (Å²) < 4.78 is 78.8. The minimum atomic E-state index is -4.94. The SMILES string of the molecule is C[n+]1ccc(/C=C/C=C2/N(CCOCCN3/C(=C/C=C/c4cc[n+](C)c5ccccc45)C(C)(C)c4ccccc43)c3ccccc3C2(C)C)c2ccccc21.[O-][Cl+3]([O-])([O-])[O-].[O-][Cl+3]([O-])([O-])[O-]. The molecule has 0 atom stereocenters. The van der Waals surface area contributed by atoms with Gasteiger partial charge in [0, 0.05) is 71.0 Å². The zero-order valence-electron chi connectivity index (χ0n) is 37.1. The van der Waals surface area contributed by atoms with Crippen molar-refractivity contribution in [1.82, 2.24) is 0 Å². The third-order valence-electron chi connectivity index (χ3n) is 11.7. The van der Waals surface area contributed by atoms with Crippen molar-refractivity contribution in [3.05, 3.63) is 180 Å². The third kappa shape index (κ3) is 12.0. The van der Waals surface area contributed by atoms with Gasteiger partial charge in [0.05, 0.1) is 24.0 Å². The molecule has 0 unspecified atom stereocenters. The van der Waals surface area contributed by atoms with Gasteiger partial charge in [-0.05, 0) is 58.7 Å². The Bertz CT molecular complexity index is 2560. The van der Waals surface area contributed by atoms with Crippen LogP contribution >= 0.6 is 0 Å². The van der Waals surface area contributed by atoms with Crippen LogP contribution < -0.4 is 56.2 Å². The fourth-order valence-corrected chi connectivity index (χ4v) is 8.73. The molecule has 0 aliphatic carbocycles. The van der Waals surface area contributed by atoms with Crippen molar-refractivity contribution in [2.75, 3.05) is 36.1 Å². The molecule has 13 nitrogen and oxygen atoms in total. The number of nitrogens with zero attached hydrogens (tertiary/aromatic N) is 4. The summed E-state index contributed by atoms with van der Waals surface area (Å²) in [5, 5.41) is 2.50. The fraction of sp³-hybridized carbons (Fsp3) is 0.240. The Labute approximate surface area is 383 Å². The number of pyridine rings is 2. The van der Waals surface area contributed by atoms with Crippen molar-refractivity contribution in [2.24, 2.45) is 14.1 Å². The summed E-state index contributed by atoms with van der Waals surface area (Å²) in [6, 6.07) is 39.2. The molecule has 65 heavy (non-hydrogen) atoms. The Morgan fingerprint density at radius 1 is 0.508 bits per heavy atom. The van der Waals surface area contributed by atoms with E-state index in [1.165, 1.54) is 66.8 Å². The normalized spacial score (nSPS) is 16.6. The maximum Gasteiger partial charge on any atom is 0.212 e. The van der Waals surface area contributed by atoms with Crippen molar-refractivity contribution in [3.63, 3.8) is 0 Å². The maximum atomic E-state index is 8.49. The molecule has 15 heteroatoms. The highest BCUT2D eigenvalue weighted by Crippen LogP contribution is 2.48. The van der Waals surface area contributed by atoms with Crippen LogP contribution in [0.3, 0.4) is 0 Å². The van der Waals surface area contributed by atoms with E-state index >= 15 is 0 Å². The van der Waals surface area contributed by atoms with Gasteiger partial charge in [-0.3, -0.25) is 0 Å². The van der Waals surface area contributed by atoms with Crippen molar-refractivity contribution < 1.29 is 71.6 Å². The third-order valence-corrected chi connectivity index (χ3v) is 11.7. The summed E-state index contributed by atoms with van der Waals surface area (Å²) >= 11 is 0. The summed E-state index contributed by atoms with van der Waals surface area (Å²) in [6.45, 7) is 12.1. The molecule has 0 radical (unpaired) electrons. The van der Waals surface area contributed by atoms with Crippen LogP contribution in [0.2, 0.25) is 0 Å². The molecule has 0 saturated heterocycles. The minimum absolute atomic E-state index is 0.131. The average molecular weight is 924 g/mol. The minimum Gasteiger partial charge on any atom is -0.378 e. The summed E-state index contributed by atoms with van der Waals surface area (Å²) in [5.41, 5.74) is 12.4. The molecule has 4 aromatic carbocycles. The topological polar surface area (TPSA) is 208 Å². The Balaban J connectivity index is 0.000000633. The number of para-hydroxylation sites is 4. The molecule has 2 aliphatic heterocycles. The van der Waals surface area contributed by atoms with E-state index in [1.807, 2.05) is 0 Å². The van der Waals surface area contributed by atoms with Gasteiger partial charge in [0.2, 0.25) is 11.0 Å². The lowest BCUT2D eigenvalue weighted by atomic mass is 9.83. The fourth-order valence-electron chi connectivity index (χ4n) is 8.73. The number of hydrogen-bond donors (Lipinski definition) is 0. The molecule has 4 heterocycles. The summed E-state index contributed by atoms with van der Waals surface area (Å²) in [7, 11) is -5.69. The number of fused-ring (bicyclic) bond motifs is 4. The van der Waals surface area contributed by atoms with E-state index in [2.05, 4.69) is 219 Å². The molecule has 340 valence electrons. The smallest absolute Gasteiger partial charge is 0.212 e. The van der Waals surface area contributed by atoms with Crippen molar-refractivity contribution in [3.8, 4) is 0 Å². The summed E-state index contributed by atoms with van der Waals surface area (Å²) in [4.78, 5) is 4.92. The molecule has 0 bridgehead atoms.